The van der Waals surface area contributed by atoms with E-state index in [9.17, 15) is 4.79 Å². The molecular weight excluding hydrogens is 204 g/mol. The molecule has 86 valence electrons. The minimum Gasteiger partial charge on any atom is -0.481 e. The molecule has 4 heteroatoms. The summed E-state index contributed by atoms with van der Waals surface area (Å²) >= 11 is 0. The molecule has 0 amide bonds. The summed E-state index contributed by atoms with van der Waals surface area (Å²) in [5.41, 5.74) is 1.19. The molecule has 1 atom stereocenters. The quantitative estimate of drug-likeness (QED) is 0.832. The Morgan fingerprint density at radius 3 is 3.19 bits per heavy atom. The number of carbonyl (C=O) groups is 1. The minimum atomic E-state index is -0.687. The van der Waals surface area contributed by atoms with E-state index in [0.29, 0.717) is 12.3 Å². The van der Waals surface area contributed by atoms with Crippen LogP contribution in [0.2, 0.25) is 0 Å². The SMILES string of the molecule is O=C(O)CC1CCN(Cc2cccnc2)C1. The first-order valence-electron chi connectivity index (χ1n) is 5.57. The first-order valence-corrected chi connectivity index (χ1v) is 5.57. The zero-order valence-corrected chi connectivity index (χ0v) is 9.17. The highest BCUT2D eigenvalue weighted by molar-refractivity contribution is 5.67. The van der Waals surface area contributed by atoms with Crippen LogP contribution in [0.25, 0.3) is 0 Å². The highest BCUT2D eigenvalue weighted by atomic mass is 16.4. The van der Waals surface area contributed by atoms with Gasteiger partial charge in [-0.05, 0) is 30.5 Å². The summed E-state index contributed by atoms with van der Waals surface area (Å²) in [6.07, 6.45) is 4.92. The third-order valence-electron chi connectivity index (χ3n) is 2.96. The van der Waals surface area contributed by atoms with E-state index in [2.05, 4.69) is 16.0 Å². The molecule has 1 saturated heterocycles. The Bertz CT molecular complexity index is 353. The van der Waals surface area contributed by atoms with Gasteiger partial charge >= 0.3 is 5.97 Å². The van der Waals surface area contributed by atoms with Crippen molar-refractivity contribution in [2.45, 2.75) is 19.4 Å². The van der Waals surface area contributed by atoms with Gasteiger partial charge in [0.25, 0.3) is 0 Å². The average Bonchev–Trinajstić information content (AvgIpc) is 2.66. The second-order valence-corrected chi connectivity index (χ2v) is 4.35. The Morgan fingerprint density at radius 1 is 1.62 bits per heavy atom. The molecule has 1 aliphatic rings. The van der Waals surface area contributed by atoms with E-state index in [1.807, 2.05) is 12.3 Å². The van der Waals surface area contributed by atoms with Crippen LogP contribution in [0.1, 0.15) is 18.4 Å². The van der Waals surface area contributed by atoms with E-state index < -0.39 is 5.97 Å². The molecule has 1 unspecified atom stereocenters. The zero-order valence-electron chi connectivity index (χ0n) is 9.17. The van der Waals surface area contributed by atoms with Crippen molar-refractivity contribution in [2.75, 3.05) is 13.1 Å². The van der Waals surface area contributed by atoms with Gasteiger partial charge in [0, 0.05) is 31.9 Å². The summed E-state index contributed by atoms with van der Waals surface area (Å²) in [5.74, 6) is -0.373. The van der Waals surface area contributed by atoms with Gasteiger partial charge in [-0.2, -0.15) is 0 Å². The number of pyridine rings is 1. The van der Waals surface area contributed by atoms with Crippen LogP contribution in [0.15, 0.2) is 24.5 Å². The number of aromatic nitrogens is 1. The van der Waals surface area contributed by atoms with Crippen LogP contribution in [0.3, 0.4) is 0 Å². The third-order valence-corrected chi connectivity index (χ3v) is 2.96. The van der Waals surface area contributed by atoms with E-state index in [1.54, 1.807) is 6.20 Å². The van der Waals surface area contributed by atoms with Gasteiger partial charge in [-0.1, -0.05) is 6.07 Å². The predicted octanol–water partition coefficient (Wildman–Crippen LogP) is 1.38. The highest BCUT2D eigenvalue weighted by Crippen LogP contribution is 2.20. The number of nitrogens with zero attached hydrogens (tertiary/aromatic N) is 2. The maximum atomic E-state index is 10.6. The fourth-order valence-electron chi connectivity index (χ4n) is 2.22. The standard InChI is InChI=1S/C12H16N2O2/c15-12(16)6-10-3-5-14(8-10)9-11-2-1-4-13-7-11/h1-2,4,7,10H,3,5-6,8-9H2,(H,15,16). The lowest BCUT2D eigenvalue weighted by Crippen LogP contribution is -2.20. The molecule has 2 heterocycles. The van der Waals surface area contributed by atoms with Crippen LogP contribution in [0, 0.1) is 5.92 Å². The Labute approximate surface area is 94.9 Å². The molecule has 1 N–H and O–H groups in total. The second kappa shape index (κ2) is 5.07. The molecule has 0 aromatic carbocycles. The van der Waals surface area contributed by atoms with Gasteiger partial charge in [0.2, 0.25) is 0 Å². The van der Waals surface area contributed by atoms with Crippen LogP contribution < -0.4 is 0 Å². The number of aliphatic carboxylic acids is 1. The van der Waals surface area contributed by atoms with Crippen molar-refractivity contribution in [2.24, 2.45) is 5.92 Å². The number of rotatable bonds is 4. The second-order valence-electron chi connectivity index (χ2n) is 4.35. The molecule has 1 aliphatic heterocycles. The first kappa shape index (κ1) is 11.1. The zero-order chi connectivity index (χ0) is 11.4. The first-order chi connectivity index (χ1) is 7.74. The topological polar surface area (TPSA) is 53.4 Å². The molecule has 0 aliphatic carbocycles. The summed E-state index contributed by atoms with van der Waals surface area (Å²) in [6.45, 7) is 2.76. The van der Waals surface area contributed by atoms with Crippen LogP contribution in [0.5, 0.6) is 0 Å². The van der Waals surface area contributed by atoms with E-state index >= 15 is 0 Å². The van der Waals surface area contributed by atoms with Gasteiger partial charge < -0.3 is 5.11 Å². The van der Waals surface area contributed by atoms with E-state index in [0.717, 1.165) is 26.1 Å². The lowest BCUT2D eigenvalue weighted by Gasteiger charge is -2.15. The summed E-state index contributed by atoms with van der Waals surface area (Å²) in [6, 6.07) is 3.98. The van der Waals surface area contributed by atoms with Crippen LogP contribution in [-0.2, 0) is 11.3 Å². The van der Waals surface area contributed by atoms with Crippen LogP contribution in [0.4, 0.5) is 0 Å². The molecule has 1 aromatic heterocycles. The largest absolute Gasteiger partial charge is 0.481 e. The van der Waals surface area contributed by atoms with Crippen molar-refractivity contribution >= 4 is 5.97 Å². The van der Waals surface area contributed by atoms with Crippen molar-refractivity contribution in [3.63, 3.8) is 0 Å². The fraction of sp³-hybridized carbons (Fsp3) is 0.500. The molecule has 0 radical (unpaired) electrons. The van der Waals surface area contributed by atoms with E-state index in [1.165, 1.54) is 5.56 Å². The highest BCUT2D eigenvalue weighted by Gasteiger charge is 2.24. The Kier molecular flexibility index (Phi) is 3.51. The molecule has 2 rings (SSSR count). The van der Waals surface area contributed by atoms with E-state index in [4.69, 9.17) is 5.11 Å². The predicted molar refractivity (Wildman–Crippen MR) is 59.9 cm³/mol. The summed E-state index contributed by atoms with van der Waals surface area (Å²) < 4.78 is 0. The van der Waals surface area contributed by atoms with Crippen molar-refractivity contribution in [3.05, 3.63) is 30.1 Å². The lowest BCUT2D eigenvalue weighted by molar-refractivity contribution is -0.138. The van der Waals surface area contributed by atoms with Crippen molar-refractivity contribution in [1.82, 2.24) is 9.88 Å². The van der Waals surface area contributed by atoms with Crippen molar-refractivity contribution in [3.8, 4) is 0 Å². The number of likely N-dealkylation sites (tertiary alicyclic amines) is 1. The van der Waals surface area contributed by atoms with Gasteiger partial charge in [0.15, 0.2) is 0 Å². The fourth-order valence-corrected chi connectivity index (χ4v) is 2.22. The van der Waals surface area contributed by atoms with Crippen LogP contribution in [-0.4, -0.2) is 34.0 Å². The molecule has 0 saturated carbocycles. The Balaban J connectivity index is 1.83. The van der Waals surface area contributed by atoms with Crippen molar-refractivity contribution < 1.29 is 9.90 Å². The third kappa shape index (κ3) is 3.03. The molecule has 1 aromatic rings. The van der Waals surface area contributed by atoms with Crippen LogP contribution >= 0.6 is 0 Å². The van der Waals surface area contributed by atoms with Gasteiger partial charge in [-0.3, -0.25) is 14.7 Å². The lowest BCUT2D eigenvalue weighted by atomic mass is 10.1. The van der Waals surface area contributed by atoms with E-state index in [-0.39, 0.29) is 0 Å². The normalized spacial score (nSPS) is 21.1. The van der Waals surface area contributed by atoms with Gasteiger partial charge in [-0.15, -0.1) is 0 Å². The number of carboxylic acid groups (broad SMARTS) is 1. The molecule has 0 bridgehead atoms. The minimum absolute atomic E-state index is 0.295. The molecule has 16 heavy (non-hydrogen) atoms. The average molecular weight is 220 g/mol. The maximum Gasteiger partial charge on any atom is 0.303 e. The molecule has 0 spiro atoms. The molecule has 1 fully saturated rings. The monoisotopic (exact) mass is 220 g/mol. The van der Waals surface area contributed by atoms with Gasteiger partial charge in [0.05, 0.1) is 0 Å². The molecule has 4 nitrogen and oxygen atoms in total. The summed E-state index contributed by atoms with van der Waals surface area (Å²) in [5, 5.41) is 8.72. The Hall–Kier alpha value is -1.42. The summed E-state index contributed by atoms with van der Waals surface area (Å²) in [4.78, 5) is 17.0. The number of hydrogen-bond acceptors (Lipinski definition) is 3. The smallest absolute Gasteiger partial charge is 0.303 e. The maximum absolute atomic E-state index is 10.6. The molecular formula is C12H16N2O2. The van der Waals surface area contributed by atoms with Gasteiger partial charge in [-0.25, -0.2) is 0 Å². The number of hydrogen-bond donors (Lipinski definition) is 1. The van der Waals surface area contributed by atoms with Gasteiger partial charge in [0.1, 0.15) is 0 Å². The number of carboxylic acids is 1. The Morgan fingerprint density at radius 2 is 2.50 bits per heavy atom. The summed E-state index contributed by atoms with van der Waals surface area (Å²) in [7, 11) is 0. The van der Waals surface area contributed by atoms with Crippen molar-refractivity contribution in [1.29, 1.82) is 0 Å².